The third-order valence-corrected chi connectivity index (χ3v) is 4.91. The normalized spacial score (nSPS) is 11.0. The number of hydrogen-bond donors (Lipinski definition) is 0. The number of hydrogen-bond acceptors (Lipinski definition) is 6. The summed E-state index contributed by atoms with van der Waals surface area (Å²) < 4.78 is 11.1. The number of benzene rings is 2. The Bertz CT molecular complexity index is 1190. The summed E-state index contributed by atoms with van der Waals surface area (Å²) in [6.45, 7) is 3.78. The molecule has 2 aromatic carbocycles. The molecule has 0 aliphatic rings. The Hall–Kier alpha value is -3.25. The number of nitrogens with zero attached hydrogens (tertiary/aromatic N) is 3. The summed E-state index contributed by atoms with van der Waals surface area (Å²) in [6, 6.07) is 14.6. The molecule has 6 nitrogen and oxygen atoms in total. The van der Waals surface area contributed by atoms with Crippen LogP contribution in [0, 0.1) is 6.92 Å². The van der Waals surface area contributed by atoms with E-state index in [-0.39, 0.29) is 12.5 Å². The number of carbonyl (C=O) groups is 1. The van der Waals surface area contributed by atoms with E-state index in [1.165, 1.54) is 0 Å². The number of halogens is 1. The van der Waals surface area contributed by atoms with Gasteiger partial charge < -0.3 is 9.15 Å². The second kappa shape index (κ2) is 8.01. The van der Waals surface area contributed by atoms with Gasteiger partial charge in [0.05, 0.1) is 11.1 Å². The van der Waals surface area contributed by atoms with Crippen molar-refractivity contribution in [3.8, 4) is 11.5 Å². The van der Waals surface area contributed by atoms with Crippen LogP contribution in [0.15, 0.2) is 52.9 Å². The van der Waals surface area contributed by atoms with Crippen molar-refractivity contribution in [3.63, 3.8) is 0 Å². The van der Waals surface area contributed by atoms with Gasteiger partial charge in [0, 0.05) is 21.7 Å². The first-order valence-corrected chi connectivity index (χ1v) is 9.58. The van der Waals surface area contributed by atoms with Gasteiger partial charge in [-0.25, -0.2) is 4.79 Å². The first-order valence-electron chi connectivity index (χ1n) is 9.20. The van der Waals surface area contributed by atoms with E-state index in [0.717, 1.165) is 34.1 Å². The van der Waals surface area contributed by atoms with Crippen molar-refractivity contribution in [2.45, 2.75) is 26.9 Å². The lowest BCUT2D eigenvalue weighted by molar-refractivity contribution is 0.0440. The first-order chi connectivity index (χ1) is 14.1. The molecule has 0 saturated heterocycles. The van der Waals surface area contributed by atoms with Gasteiger partial charge in [0.25, 0.3) is 5.89 Å². The van der Waals surface area contributed by atoms with Crippen LogP contribution in [0.2, 0.25) is 5.02 Å². The van der Waals surface area contributed by atoms with Crippen LogP contribution >= 0.6 is 11.6 Å². The lowest BCUT2D eigenvalue weighted by Crippen LogP contribution is -2.11. The molecule has 146 valence electrons. The molecule has 2 heterocycles. The van der Waals surface area contributed by atoms with E-state index in [2.05, 4.69) is 15.2 Å². The van der Waals surface area contributed by atoms with Crippen molar-refractivity contribution in [2.75, 3.05) is 0 Å². The van der Waals surface area contributed by atoms with Gasteiger partial charge in [-0.2, -0.15) is 0 Å². The summed E-state index contributed by atoms with van der Waals surface area (Å²) in [5.74, 6) is 0.114. The van der Waals surface area contributed by atoms with Crippen molar-refractivity contribution < 1.29 is 13.9 Å². The van der Waals surface area contributed by atoms with E-state index in [0.29, 0.717) is 16.5 Å². The van der Waals surface area contributed by atoms with Crippen molar-refractivity contribution >= 4 is 28.5 Å². The summed E-state index contributed by atoms with van der Waals surface area (Å²) in [5, 5.41) is 9.34. The number of para-hydroxylation sites is 1. The topological polar surface area (TPSA) is 78.1 Å². The smallest absolute Gasteiger partial charge is 0.339 e. The summed E-state index contributed by atoms with van der Waals surface area (Å²) in [6.07, 6.45) is 0.727. The zero-order valence-corrected chi connectivity index (χ0v) is 16.7. The molecular formula is C22H18ClN3O3. The third kappa shape index (κ3) is 3.84. The lowest BCUT2D eigenvalue weighted by Gasteiger charge is -2.12. The standard InChI is InChI=1S/C22H18ClN3O3/c1-3-17-13(2)20(16-6-4-5-7-18(16)24-17)22(27)28-12-19-25-26-21(29-19)14-8-10-15(23)11-9-14/h4-11H,3,12H2,1-2H3. The summed E-state index contributed by atoms with van der Waals surface area (Å²) >= 11 is 5.89. The number of ether oxygens (including phenoxy) is 1. The quantitative estimate of drug-likeness (QED) is 0.425. The Morgan fingerprint density at radius 1 is 1.10 bits per heavy atom. The number of aryl methyl sites for hydroxylation is 1. The number of carbonyl (C=O) groups excluding carboxylic acids is 1. The van der Waals surface area contributed by atoms with E-state index in [1.807, 2.05) is 38.1 Å². The number of esters is 1. The predicted octanol–water partition coefficient (Wildman–Crippen LogP) is 5.17. The maximum Gasteiger partial charge on any atom is 0.339 e. The van der Waals surface area contributed by atoms with E-state index in [1.54, 1.807) is 24.3 Å². The van der Waals surface area contributed by atoms with Gasteiger partial charge >= 0.3 is 5.97 Å². The molecule has 0 saturated carbocycles. The fraction of sp³-hybridized carbons (Fsp3) is 0.182. The highest BCUT2D eigenvalue weighted by Gasteiger charge is 2.19. The Labute approximate surface area is 172 Å². The summed E-state index contributed by atoms with van der Waals surface area (Å²) in [4.78, 5) is 17.5. The highest BCUT2D eigenvalue weighted by molar-refractivity contribution is 6.30. The second-order valence-corrected chi connectivity index (χ2v) is 6.95. The van der Waals surface area contributed by atoms with Gasteiger partial charge in [0.2, 0.25) is 5.89 Å². The van der Waals surface area contributed by atoms with E-state index in [4.69, 9.17) is 20.8 Å². The van der Waals surface area contributed by atoms with Crippen LogP contribution < -0.4 is 0 Å². The Morgan fingerprint density at radius 3 is 2.62 bits per heavy atom. The molecule has 0 fully saturated rings. The number of fused-ring (bicyclic) bond motifs is 1. The molecule has 4 aromatic rings. The zero-order chi connectivity index (χ0) is 20.4. The molecule has 4 rings (SSSR count). The average molecular weight is 408 g/mol. The molecule has 0 bridgehead atoms. The molecule has 0 amide bonds. The van der Waals surface area contributed by atoms with Crippen molar-refractivity contribution in [1.82, 2.24) is 15.2 Å². The highest BCUT2D eigenvalue weighted by Crippen LogP contribution is 2.25. The Balaban J connectivity index is 1.56. The van der Waals surface area contributed by atoms with Crippen LogP contribution in [-0.4, -0.2) is 21.2 Å². The van der Waals surface area contributed by atoms with E-state index in [9.17, 15) is 4.79 Å². The van der Waals surface area contributed by atoms with Crippen LogP contribution in [-0.2, 0) is 17.8 Å². The minimum Gasteiger partial charge on any atom is -0.452 e. The Kier molecular flexibility index (Phi) is 5.27. The SMILES string of the molecule is CCc1nc2ccccc2c(C(=O)OCc2nnc(-c3ccc(Cl)cc3)o2)c1C. The number of pyridine rings is 1. The Morgan fingerprint density at radius 2 is 1.86 bits per heavy atom. The maximum absolute atomic E-state index is 12.9. The average Bonchev–Trinajstić information content (AvgIpc) is 3.21. The third-order valence-electron chi connectivity index (χ3n) is 4.66. The molecule has 0 spiro atoms. The molecule has 0 atom stereocenters. The van der Waals surface area contributed by atoms with Crippen molar-refractivity contribution in [1.29, 1.82) is 0 Å². The van der Waals surface area contributed by atoms with Crippen LogP contribution in [0.1, 0.15) is 34.4 Å². The number of rotatable bonds is 5. The molecule has 0 radical (unpaired) electrons. The van der Waals surface area contributed by atoms with Gasteiger partial charge in [0.1, 0.15) is 0 Å². The molecule has 0 aliphatic heterocycles. The van der Waals surface area contributed by atoms with Gasteiger partial charge in [-0.15, -0.1) is 10.2 Å². The molecule has 2 aromatic heterocycles. The largest absolute Gasteiger partial charge is 0.452 e. The molecular weight excluding hydrogens is 390 g/mol. The highest BCUT2D eigenvalue weighted by atomic mass is 35.5. The zero-order valence-electron chi connectivity index (χ0n) is 16.0. The predicted molar refractivity (Wildman–Crippen MR) is 110 cm³/mol. The van der Waals surface area contributed by atoms with Crippen molar-refractivity contribution in [2.24, 2.45) is 0 Å². The van der Waals surface area contributed by atoms with Crippen LogP contribution in [0.25, 0.3) is 22.4 Å². The summed E-state index contributed by atoms with van der Waals surface area (Å²) in [5.41, 5.74) is 3.72. The summed E-state index contributed by atoms with van der Waals surface area (Å²) in [7, 11) is 0. The maximum atomic E-state index is 12.9. The number of aromatic nitrogens is 3. The van der Waals surface area contributed by atoms with E-state index >= 15 is 0 Å². The fourth-order valence-corrected chi connectivity index (χ4v) is 3.31. The van der Waals surface area contributed by atoms with Gasteiger partial charge in [0.15, 0.2) is 6.61 Å². The monoisotopic (exact) mass is 407 g/mol. The minimum absolute atomic E-state index is 0.114. The molecule has 7 heteroatoms. The van der Waals surface area contributed by atoms with E-state index < -0.39 is 5.97 Å². The van der Waals surface area contributed by atoms with Crippen LogP contribution in [0.4, 0.5) is 0 Å². The van der Waals surface area contributed by atoms with Crippen LogP contribution in [0.3, 0.4) is 0 Å². The van der Waals surface area contributed by atoms with Crippen molar-refractivity contribution in [3.05, 3.63) is 76.3 Å². The molecule has 0 unspecified atom stereocenters. The molecule has 0 N–H and O–H groups in total. The van der Waals surface area contributed by atoms with Gasteiger partial charge in [-0.3, -0.25) is 4.98 Å². The molecule has 0 aliphatic carbocycles. The second-order valence-electron chi connectivity index (χ2n) is 6.51. The van der Waals surface area contributed by atoms with Crippen LogP contribution in [0.5, 0.6) is 0 Å². The minimum atomic E-state index is -0.443. The van der Waals surface area contributed by atoms with Gasteiger partial charge in [-0.1, -0.05) is 36.7 Å². The van der Waals surface area contributed by atoms with Gasteiger partial charge in [-0.05, 0) is 49.2 Å². The first kappa shape index (κ1) is 19.1. The lowest BCUT2D eigenvalue weighted by atomic mass is 10.0. The fourth-order valence-electron chi connectivity index (χ4n) is 3.19. The molecule has 29 heavy (non-hydrogen) atoms.